The fourth-order valence-electron chi connectivity index (χ4n) is 2.08. The van der Waals surface area contributed by atoms with E-state index in [-0.39, 0.29) is 5.91 Å². The molecule has 2 aromatic rings. The first-order chi connectivity index (χ1) is 8.63. The van der Waals surface area contributed by atoms with E-state index in [1.165, 1.54) is 0 Å². The van der Waals surface area contributed by atoms with E-state index in [1.807, 2.05) is 37.3 Å². The Kier molecular flexibility index (Phi) is 2.26. The van der Waals surface area contributed by atoms with Crippen LogP contribution in [-0.2, 0) is 4.79 Å². The lowest BCUT2D eigenvalue weighted by Crippen LogP contribution is -2.22. The standard InChI is InChI=1S/C13H11N3O2/c1-7-2-3-8-6-9(4-5-10(8)14-7)11-12(17)16-13(18)15-11/h2-6,11H,1H3,(H2,15,16,17,18). The van der Waals surface area contributed by atoms with Crippen LogP contribution in [0.5, 0.6) is 0 Å². The molecule has 1 fully saturated rings. The number of carbonyl (C=O) groups is 2. The maximum Gasteiger partial charge on any atom is 0.322 e. The van der Waals surface area contributed by atoms with Gasteiger partial charge in [-0.3, -0.25) is 15.1 Å². The van der Waals surface area contributed by atoms with E-state index < -0.39 is 12.1 Å². The number of benzene rings is 1. The van der Waals surface area contributed by atoms with Crippen molar-refractivity contribution in [1.29, 1.82) is 0 Å². The summed E-state index contributed by atoms with van der Waals surface area (Å²) in [4.78, 5) is 27.0. The van der Waals surface area contributed by atoms with Crippen molar-refractivity contribution in [3.63, 3.8) is 0 Å². The van der Waals surface area contributed by atoms with Crippen LogP contribution in [0.3, 0.4) is 0 Å². The highest BCUT2D eigenvalue weighted by Gasteiger charge is 2.30. The number of aryl methyl sites for hydroxylation is 1. The van der Waals surface area contributed by atoms with Crippen molar-refractivity contribution in [3.8, 4) is 0 Å². The van der Waals surface area contributed by atoms with Gasteiger partial charge in [-0.1, -0.05) is 12.1 Å². The number of fused-ring (bicyclic) bond motifs is 1. The molecule has 1 saturated heterocycles. The van der Waals surface area contributed by atoms with Crippen LogP contribution in [0.15, 0.2) is 30.3 Å². The van der Waals surface area contributed by atoms with Gasteiger partial charge in [0.05, 0.1) is 5.52 Å². The number of imide groups is 1. The molecule has 1 aromatic carbocycles. The number of hydrogen-bond donors (Lipinski definition) is 2. The van der Waals surface area contributed by atoms with Gasteiger partial charge in [-0.15, -0.1) is 0 Å². The second kappa shape index (κ2) is 3.80. The summed E-state index contributed by atoms with van der Waals surface area (Å²) in [5.74, 6) is -0.320. The minimum absolute atomic E-state index is 0.320. The van der Waals surface area contributed by atoms with Crippen molar-refractivity contribution in [1.82, 2.24) is 15.6 Å². The molecule has 1 aromatic heterocycles. The molecular weight excluding hydrogens is 230 g/mol. The van der Waals surface area contributed by atoms with Crippen LogP contribution in [0.4, 0.5) is 4.79 Å². The van der Waals surface area contributed by atoms with Gasteiger partial charge in [-0.25, -0.2) is 4.79 Å². The van der Waals surface area contributed by atoms with Gasteiger partial charge >= 0.3 is 6.03 Å². The molecule has 0 aliphatic carbocycles. The zero-order valence-electron chi connectivity index (χ0n) is 9.73. The summed E-state index contributed by atoms with van der Waals surface area (Å²) in [6.07, 6.45) is 0. The predicted molar refractivity (Wildman–Crippen MR) is 65.9 cm³/mol. The van der Waals surface area contributed by atoms with Gasteiger partial charge in [0.1, 0.15) is 6.04 Å². The molecule has 0 radical (unpaired) electrons. The predicted octanol–water partition coefficient (Wildman–Crippen LogP) is 1.42. The van der Waals surface area contributed by atoms with E-state index in [0.717, 1.165) is 22.2 Å². The van der Waals surface area contributed by atoms with Gasteiger partial charge in [0.25, 0.3) is 5.91 Å². The fourth-order valence-corrected chi connectivity index (χ4v) is 2.08. The smallest absolute Gasteiger partial charge is 0.322 e. The highest BCUT2D eigenvalue weighted by molar-refractivity contribution is 6.04. The molecule has 0 spiro atoms. The zero-order chi connectivity index (χ0) is 12.7. The lowest BCUT2D eigenvalue weighted by molar-refractivity contribution is -0.120. The van der Waals surface area contributed by atoms with Crippen molar-refractivity contribution >= 4 is 22.8 Å². The van der Waals surface area contributed by atoms with Gasteiger partial charge in [-0.2, -0.15) is 0 Å². The summed E-state index contributed by atoms with van der Waals surface area (Å²) < 4.78 is 0. The third kappa shape index (κ3) is 1.69. The quantitative estimate of drug-likeness (QED) is 0.742. The molecule has 2 heterocycles. The van der Waals surface area contributed by atoms with Gasteiger partial charge < -0.3 is 5.32 Å². The minimum Gasteiger partial charge on any atom is -0.322 e. The lowest BCUT2D eigenvalue weighted by atomic mass is 10.0. The topological polar surface area (TPSA) is 71.1 Å². The summed E-state index contributed by atoms with van der Waals surface area (Å²) in [5, 5.41) is 5.74. The first-order valence-corrected chi connectivity index (χ1v) is 5.62. The first-order valence-electron chi connectivity index (χ1n) is 5.62. The Labute approximate surface area is 103 Å². The number of pyridine rings is 1. The van der Waals surface area contributed by atoms with Crippen LogP contribution in [-0.4, -0.2) is 16.9 Å². The van der Waals surface area contributed by atoms with Crippen LogP contribution < -0.4 is 10.6 Å². The summed E-state index contributed by atoms with van der Waals surface area (Å²) in [7, 11) is 0. The molecule has 5 heteroatoms. The monoisotopic (exact) mass is 241 g/mol. The average molecular weight is 241 g/mol. The van der Waals surface area contributed by atoms with E-state index in [1.54, 1.807) is 0 Å². The highest BCUT2D eigenvalue weighted by atomic mass is 16.2. The van der Waals surface area contributed by atoms with E-state index in [2.05, 4.69) is 15.6 Å². The number of nitrogens with zero attached hydrogens (tertiary/aromatic N) is 1. The van der Waals surface area contributed by atoms with Gasteiger partial charge in [0.15, 0.2) is 0 Å². The van der Waals surface area contributed by atoms with Crippen LogP contribution in [0.1, 0.15) is 17.3 Å². The largest absolute Gasteiger partial charge is 0.322 e. The highest BCUT2D eigenvalue weighted by Crippen LogP contribution is 2.21. The third-order valence-corrected chi connectivity index (χ3v) is 2.96. The third-order valence-electron chi connectivity index (χ3n) is 2.96. The van der Waals surface area contributed by atoms with Crippen molar-refractivity contribution < 1.29 is 9.59 Å². The second-order valence-corrected chi connectivity index (χ2v) is 4.30. The molecule has 2 N–H and O–H groups in total. The van der Waals surface area contributed by atoms with Crippen LogP contribution in [0.2, 0.25) is 0 Å². The molecule has 1 unspecified atom stereocenters. The number of rotatable bonds is 1. The first kappa shape index (κ1) is 10.7. The molecule has 3 amide bonds. The SMILES string of the molecule is Cc1ccc2cc(C3NC(=O)NC3=O)ccc2n1. The molecule has 3 rings (SSSR count). The van der Waals surface area contributed by atoms with Crippen molar-refractivity contribution in [2.45, 2.75) is 13.0 Å². The second-order valence-electron chi connectivity index (χ2n) is 4.30. The van der Waals surface area contributed by atoms with Crippen molar-refractivity contribution in [2.24, 2.45) is 0 Å². The maximum absolute atomic E-state index is 11.6. The van der Waals surface area contributed by atoms with E-state index >= 15 is 0 Å². The lowest BCUT2D eigenvalue weighted by Gasteiger charge is -2.08. The molecule has 0 saturated carbocycles. The Morgan fingerprint density at radius 1 is 1.17 bits per heavy atom. The molecule has 5 nitrogen and oxygen atoms in total. The molecule has 1 aliphatic rings. The zero-order valence-corrected chi connectivity index (χ0v) is 9.73. The molecule has 1 aliphatic heterocycles. The average Bonchev–Trinajstić information content (AvgIpc) is 2.68. The Morgan fingerprint density at radius 2 is 2.00 bits per heavy atom. The molecule has 1 atom stereocenters. The number of carbonyl (C=O) groups excluding carboxylic acids is 2. The number of amides is 3. The fraction of sp³-hybridized carbons (Fsp3) is 0.154. The summed E-state index contributed by atoms with van der Waals surface area (Å²) >= 11 is 0. The van der Waals surface area contributed by atoms with E-state index in [0.29, 0.717) is 0 Å². The van der Waals surface area contributed by atoms with Crippen molar-refractivity contribution in [3.05, 3.63) is 41.6 Å². The summed E-state index contributed by atoms with van der Waals surface area (Å²) in [5.41, 5.74) is 2.59. The minimum atomic E-state index is -0.608. The summed E-state index contributed by atoms with van der Waals surface area (Å²) in [6.45, 7) is 1.93. The Bertz CT molecular complexity index is 666. The molecule has 18 heavy (non-hydrogen) atoms. The Balaban J connectivity index is 2.06. The normalized spacial score (nSPS) is 18.8. The van der Waals surface area contributed by atoms with Crippen LogP contribution in [0, 0.1) is 6.92 Å². The number of hydrogen-bond acceptors (Lipinski definition) is 3. The Morgan fingerprint density at radius 3 is 2.72 bits per heavy atom. The molecule has 0 bridgehead atoms. The summed E-state index contributed by atoms with van der Waals surface area (Å²) in [6, 6.07) is 8.35. The van der Waals surface area contributed by atoms with Crippen LogP contribution >= 0.6 is 0 Å². The molecule has 90 valence electrons. The van der Waals surface area contributed by atoms with Gasteiger partial charge in [0, 0.05) is 11.1 Å². The van der Waals surface area contributed by atoms with Gasteiger partial charge in [-0.05, 0) is 30.7 Å². The van der Waals surface area contributed by atoms with E-state index in [9.17, 15) is 9.59 Å². The Hall–Kier alpha value is -2.43. The van der Waals surface area contributed by atoms with E-state index in [4.69, 9.17) is 0 Å². The number of urea groups is 1. The van der Waals surface area contributed by atoms with Crippen LogP contribution in [0.25, 0.3) is 10.9 Å². The number of aromatic nitrogens is 1. The van der Waals surface area contributed by atoms with Crippen molar-refractivity contribution in [2.75, 3.05) is 0 Å². The maximum atomic E-state index is 11.6. The number of nitrogens with one attached hydrogen (secondary N) is 2. The molecular formula is C13H11N3O2. The van der Waals surface area contributed by atoms with Gasteiger partial charge in [0.2, 0.25) is 0 Å².